The zero-order chi connectivity index (χ0) is 19.1. The van der Waals surface area contributed by atoms with Gasteiger partial charge in [0.1, 0.15) is 0 Å². The molecular weight excluding hydrogens is 396 g/mol. The average molecular weight is 420 g/mol. The van der Waals surface area contributed by atoms with Crippen molar-refractivity contribution in [2.75, 3.05) is 0 Å². The second kappa shape index (κ2) is 9.75. The van der Waals surface area contributed by atoms with Gasteiger partial charge in [-0.3, -0.25) is 9.65 Å². The molecule has 1 aliphatic carbocycles. The van der Waals surface area contributed by atoms with Crippen LogP contribution in [0.2, 0.25) is 0 Å². The second-order valence-corrected chi connectivity index (χ2v) is 9.87. The lowest BCUT2D eigenvalue weighted by molar-refractivity contribution is 0.414. The van der Waals surface area contributed by atoms with E-state index in [0.717, 1.165) is 36.8 Å². The lowest BCUT2D eigenvalue weighted by Crippen LogP contribution is -2.27. The highest BCUT2D eigenvalue weighted by atomic mass is 35.5. The average Bonchev–Trinajstić information content (AvgIpc) is 2.69. The summed E-state index contributed by atoms with van der Waals surface area (Å²) in [6.07, 6.45) is 5.60. The van der Waals surface area contributed by atoms with Crippen LogP contribution in [0.15, 0.2) is 72.3 Å². The van der Waals surface area contributed by atoms with Crippen LogP contribution >= 0.6 is 30.5 Å². The normalized spacial score (nSPS) is 17.1. The van der Waals surface area contributed by atoms with Gasteiger partial charge in [-0.1, -0.05) is 103 Å². The van der Waals surface area contributed by atoms with Gasteiger partial charge in [-0.05, 0) is 24.0 Å². The van der Waals surface area contributed by atoms with Gasteiger partial charge in [0.25, 0.3) is 0 Å². The van der Waals surface area contributed by atoms with E-state index in [1.165, 1.54) is 6.42 Å². The maximum absolute atomic E-state index is 13.8. The van der Waals surface area contributed by atoms with Crippen molar-refractivity contribution in [3.8, 4) is 0 Å². The molecule has 0 atom stereocenters. The molecule has 0 aromatic heterocycles. The number of benzene rings is 2. The van der Waals surface area contributed by atoms with Crippen molar-refractivity contribution in [1.82, 2.24) is 5.09 Å². The Hall–Kier alpha value is -1.31. The summed E-state index contributed by atoms with van der Waals surface area (Å²) >= 11 is 13.0. The number of halogens is 2. The van der Waals surface area contributed by atoms with E-state index in [-0.39, 0.29) is 6.04 Å². The molecule has 0 spiro atoms. The lowest BCUT2D eigenvalue weighted by Gasteiger charge is -2.26. The van der Waals surface area contributed by atoms with Crippen molar-refractivity contribution in [1.29, 1.82) is 0 Å². The van der Waals surface area contributed by atoms with E-state index >= 15 is 0 Å². The molecule has 1 aliphatic rings. The van der Waals surface area contributed by atoms with Gasteiger partial charge in [-0.25, -0.2) is 0 Å². The third kappa shape index (κ3) is 6.09. The third-order valence-electron chi connectivity index (χ3n) is 4.70. The Labute approximate surface area is 171 Å². The summed E-state index contributed by atoms with van der Waals surface area (Å²) in [7, 11) is -3.07. The van der Waals surface area contributed by atoms with Crippen LogP contribution in [-0.4, -0.2) is 6.04 Å². The molecule has 2 aromatic rings. The van der Waals surface area contributed by atoms with Gasteiger partial charge >= 0.3 is 0 Å². The first kappa shape index (κ1) is 20.4. The third-order valence-corrected chi connectivity index (χ3v) is 7.71. The standard InChI is InChI=1S/C22H24Cl2NOP/c23-21(18-10-4-1-5-11-18)16-27(26,25-20-14-8-3-9-15-20)17-22(24)19-12-6-2-7-13-19/h1-2,4-7,10-13,16-17,20H,3,8-9,14-15H2,(H,25,26)/b21-16-,22-17-. The van der Waals surface area contributed by atoms with Gasteiger partial charge in [0, 0.05) is 17.7 Å². The SMILES string of the molecule is O=P(/C=C(\Cl)c1ccccc1)(/C=C(\Cl)c1ccccc1)NC1CCCCC1. The highest BCUT2D eigenvalue weighted by Crippen LogP contribution is 2.51. The summed E-state index contributed by atoms with van der Waals surface area (Å²) in [5, 5.41) is 4.30. The molecule has 2 aromatic carbocycles. The molecule has 0 amide bonds. The molecular formula is C22H24Cl2NOP. The van der Waals surface area contributed by atoms with Crippen molar-refractivity contribution in [2.45, 2.75) is 38.1 Å². The van der Waals surface area contributed by atoms with E-state index in [4.69, 9.17) is 23.2 Å². The van der Waals surface area contributed by atoms with Crippen molar-refractivity contribution < 1.29 is 4.57 Å². The molecule has 0 saturated heterocycles. The van der Waals surface area contributed by atoms with Crippen LogP contribution < -0.4 is 5.09 Å². The fourth-order valence-electron chi connectivity index (χ4n) is 3.31. The molecule has 0 radical (unpaired) electrons. The minimum atomic E-state index is -3.07. The van der Waals surface area contributed by atoms with E-state index in [0.29, 0.717) is 10.1 Å². The molecule has 0 heterocycles. The molecule has 0 bridgehead atoms. The monoisotopic (exact) mass is 419 g/mol. The van der Waals surface area contributed by atoms with Crippen LogP contribution in [0.5, 0.6) is 0 Å². The molecule has 142 valence electrons. The predicted molar refractivity (Wildman–Crippen MR) is 118 cm³/mol. The van der Waals surface area contributed by atoms with Gasteiger partial charge in [0.2, 0.25) is 0 Å². The molecule has 3 rings (SSSR count). The van der Waals surface area contributed by atoms with E-state index < -0.39 is 7.29 Å². The largest absolute Gasteiger partial charge is 0.298 e. The molecule has 5 heteroatoms. The Morgan fingerprint density at radius 2 is 1.26 bits per heavy atom. The first-order chi connectivity index (χ1) is 13.1. The lowest BCUT2D eigenvalue weighted by atomic mass is 9.96. The molecule has 0 unspecified atom stereocenters. The summed E-state index contributed by atoms with van der Waals surface area (Å²) in [4.78, 5) is 0. The number of hydrogen-bond acceptors (Lipinski definition) is 1. The minimum Gasteiger partial charge on any atom is -0.298 e. The second-order valence-electron chi connectivity index (χ2n) is 6.86. The molecule has 1 fully saturated rings. The van der Waals surface area contributed by atoms with Crippen molar-refractivity contribution in [3.63, 3.8) is 0 Å². The zero-order valence-electron chi connectivity index (χ0n) is 15.2. The maximum Gasteiger partial charge on any atom is 0.193 e. The van der Waals surface area contributed by atoms with Crippen LogP contribution in [0.1, 0.15) is 43.2 Å². The van der Waals surface area contributed by atoms with Gasteiger partial charge in [-0.15, -0.1) is 0 Å². The summed E-state index contributed by atoms with van der Waals surface area (Å²) < 4.78 is 13.8. The van der Waals surface area contributed by atoms with Gasteiger partial charge in [0.15, 0.2) is 7.29 Å². The highest BCUT2D eigenvalue weighted by Gasteiger charge is 2.24. The number of hydrogen-bond donors (Lipinski definition) is 1. The molecule has 1 saturated carbocycles. The van der Waals surface area contributed by atoms with Crippen molar-refractivity contribution in [2.24, 2.45) is 0 Å². The summed E-state index contributed by atoms with van der Waals surface area (Å²) in [6.45, 7) is 0. The Morgan fingerprint density at radius 3 is 1.70 bits per heavy atom. The van der Waals surface area contributed by atoms with E-state index in [2.05, 4.69) is 5.09 Å². The van der Waals surface area contributed by atoms with Crippen LogP contribution in [0.4, 0.5) is 0 Å². The van der Waals surface area contributed by atoms with Crippen LogP contribution in [0.25, 0.3) is 10.1 Å². The van der Waals surface area contributed by atoms with Crippen LogP contribution in [0.3, 0.4) is 0 Å². The van der Waals surface area contributed by atoms with Gasteiger partial charge in [-0.2, -0.15) is 0 Å². The minimum absolute atomic E-state index is 0.220. The molecule has 2 nitrogen and oxygen atoms in total. The Bertz CT molecular complexity index is 784. The zero-order valence-corrected chi connectivity index (χ0v) is 17.6. The molecule has 27 heavy (non-hydrogen) atoms. The maximum atomic E-state index is 13.8. The van der Waals surface area contributed by atoms with Crippen molar-refractivity contribution in [3.05, 3.63) is 83.4 Å². The smallest absolute Gasteiger partial charge is 0.193 e. The number of nitrogens with one attached hydrogen (secondary N) is 1. The van der Waals surface area contributed by atoms with Crippen LogP contribution in [-0.2, 0) is 4.57 Å². The van der Waals surface area contributed by atoms with Crippen molar-refractivity contribution >= 4 is 40.6 Å². The Kier molecular flexibility index (Phi) is 7.38. The van der Waals surface area contributed by atoms with Crippen LogP contribution in [0, 0.1) is 0 Å². The quantitative estimate of drug-likeness (QED) is 0.486. The fourth-order valence-corrected chi connectivity index (χ4v) is 6.46. The predicted octanol–water partition coefficient (Wildman–Crippen LogP) is 7.66. The fraction of sp³-hybridized carbons (Fsp3) is 0.273. The Morgan fingerprint density at radius 1 is 0.815 bits per heavy atom. The van der Waals surface area contributed by atoms with E-state index in [1.54, 1.807) is 11.6 Å². The van der Waals surface area contributed by atoms with Gasteiger partial charge < -0.3 is 0 Å². The number of rotatable bonds is 6. The summed E-state index contributed by atoms with van der Waals surface area (Å²) in [5.74, 6) is 3.29. The molecule has 0 aliphatic heterocycles. The summed E-state index contributed by atoms with van der Waals surface area (Å²) in [6, 6.07) is 19.4. The molecule has 1 N–H and O–H groups in total. The first-order valence-corrected chi connectivity index (χ1v) is 11.9. The van der Waals surface area contributed by atoms with Gasteiger partial charge in [0.05, 0.1) is 10.1 Å². The van der Waals surface area contributed by atoms with E-state index in [9.17, 15) is 4.57 Å². The Balaban J connectivity index is 1.94. The summed E-state index contributed by atoms with van der Waals surface area (Å²) in [5.41, 5.74) is 1.68. The topological polar surface area (TPSA) is 29.1 Å². The van der Waals surface area contributed by atoms with E-state index in [1.807, 2.05) is 60.7 Å². The highest BCUT2D eigenvalue weighted by molar-refractivity contribution is 7.68. The first-order valence-electron chi connectivity index (χ1n) is 9.30.